The van der Waals surface area contributed by atoms with Crippen LogP contribution in [-0.2, 0) is 4.79 Å². The molecule has 0 aliphatic carbocycles. The van der Waals surface area contributed by atoms with Crippen LogP contribution in [-0.4, -0.2) is 71.9 Å². The van der Waals surface area contributed by atoms with E-state index in [1.807, 2.05) is 4.90 Å². The standard InChI is InChI=1S/C14H30N2O3/c1-12(2)9-16(10-13(3)4)14(19)11-15(5-7-17)6-8-18/h12-13,17-18H,5-11H2,1-4H3. The summed E-state index contributed by atoms with van der Waals surface area (Å²) in [7, 11) is 0. The quantitative estimate of drug-likeness (QED) is 0.606. The van der Waals surface area contributed by atoms with Crippen molar-refractivity contribution >= 4 is 5.91 Å². The lowest BCUT2D eigenvalue weighted by Gasteiger charge is -2.29. The van der Waals surface area contributed by atoms with Gasteiger partial charge in [0.1, 0.15) is 0 Å². The minimum absolute atomic E-state index is 0.00163. The first-order valence-electron chi connectivity index (χ1n) is 7.12. The summed E-state index contributed by atoms with van der Waals surface area (Å²) in [6.07, 6.45) is 0. The van der Waals surface area contributed by atoms with Crippen LogP contribution in [0.5, 0.6) is 0 Å². The second-order valence-electron chi connectivity index (χ2n) is 5.81. The Hall–Kier alpha value is -0.650. The fraction of sp³-hybridized carbons (Fsp3) is 0.929. The predicted molar refractivity (Wildman–Crippen MR) is 76.9 cm³/mol. The molecule has 0 saturated carbocycles. The summed E-state index contributed by atoms with van der Waals surface area (Å²) in [6.45, 7) is 11.0. The van der Waals surface area contributed by atoms with Crippen LogP contribution < -0.4 is 0 Å². The first-order chi connectivity index (χ1) is 8.90. The highest BCUT2D eigenvalue weighted by Gasteiger charge is 2.18. The molecule has 2 N–H and O–H groups in total. The molecule has 19 heavy (non-hydrogen) atoms. The van der Waals surface area contributed by atoms with Crippen molar-refractivity contribution in [3.8, 4) is 0 Å². The Balaban J connectivity index is 4.49. The van der Waals surface area contributed by atoms with Crippen molar-refractivity contribution in [2.24, 2.45) is 11.8 Å². The molecule has 0 aliphatic heterocycles. The minimum Gasteiger partial charge on any atom is -0.395 e. The molecule has 5 nitrogen and oxygen atoms in total. The van der Waals surface area contributed by atoms with E-state index in [1.165, 1.54) is 0 Å². The first kappa shape index (κ1) is 18.4. The van der Waals surface area contributed by atoms with Crippen LogP contribution in [0.1, 0.15) is 27.7 Å². The van der Waals surface area contributed by atoms with Gasteiger partial charge >= 0.3 is 0 Å². The third kappa shape index (κ3) is 8.97. The summed E-state index contributed by atoms with van der Waals surface area (Å²) < 4.78 is 0. The number of carbonyl (C=O) groups is 1. The highest BCUT2D eigenvalue weighted by atomic mass is 16.3. The maximum Gasteiger partial charge on any atom is 0.236 e. The number of hydrogen-bond donors (Lipinski definition) is 2. The second kappa shape index (κ2) is 10.2. The van der Waals surface area contributed by atoms with Crippen molar-refractivity contribution in [3.63, 3.8) is 0 Å². The average Bonchev–Trinajstić information content (AvgIpc) is 2.27. The van der Waals surface area contributed by atoms with Gasteiger partial charge in [0.25, 0.3) is 0 Å². The van der Waals surface area contributed by atoms with Gasteiger partial charge in [-0.2, -0.15) is 0 Å². The average molecular weight is 274 g/mol. The number of amides is 1. The summed E-state index contributed by atoms with van der Waals surface area (Å²) in [5, 5.41) is 17.9. The van der Waals surface area contributed by atoms with E-state index in [-0.39, 0.29) is 25.7 Å². The van der Waals surface area contributed by atoms with Gasteiger partial charge in [0.05, 0.1) is 19.8 Å². The molecule has 0 aliphatic rings. The lowest BCUT2D eigenvalue weighted by atomic mass is 10.1. The lowest BCUT2D eigenvalue weighted by Crippen LogP contribution is -2.44. The largest absolute Gasteiger partial charge is 0.395 e. The van der Waals surface area contributed by atoms with Gasteiger partial charge in [-0.05, 0) is 11.8 Å². The number of aliphatic hydroxyl groups excluding tert-OH is 2. The molecule has 0 unspecified atom stereocenters. The molecule has 0 aromatic heterocycles. The summed E-state index contributed by atoms with van der Waals surface area (Å²) in [5.41, 5.74) is 0. The molecule has 0 saturated heterocycles. The number of aliphatic hydroxyl groups is 2. The normalized spacial score (nSPS) is 11.6. The Morgan fingerprint density at radius 2 is 1.37 bits per heavy atom. The SMILES string of the molecule is CC(C)CN(CC(C)C)C(=O)CN(CCO)CCO. The van der Waals surface area contributed by atoms with Crippen LogP contribution in [0.2, 0.25) is 0 Å². The van der Waals surface area contributed by atoms with Crippen LogP contribution >= 0.6 is 0 Å². The molecule has 0 rings (SSSR count). The molecule has 0 fully saturated rings. The smallest absolute Gasteiger partial charge is 0.236 e. The van der Waals surface area contributed by atoms with E-state index in [4.69, 9.17) is 10.2 Å². The Bertz CT molecular complexity index is 229. The zero-order chi connectivity index (χ0) is 14.8. The minimum atomic E-state index is 0.00163. The van der Waals surface area contributed by atoms with Gasteiger partial charge in [0.15, 0.2) is 0 Å². The maximum absolute atomic E-state index is 12.3. The highest BCUT2D eigenvalue weighted by Crippen LogP contribution is 2.05. The number of hydrogen-bond acceptors (Lipinski definition) is 4. The molecule has 0 aromatic carbocycles. The van der Waals surface area contributed by atoms with Crippen LogP contribution in [0.4, 0.5) is 0 Å². The summed E-state index contributed by atoms with van der Waals surface area (Å²) in [6, 6.07) is 0. The van der Waals surface area contributed by atoms with Crippen molar-refractivity contribution in [1.29, 1.82) is 0 Å². The number of nitrogens with zero attached hydrogens (tertiary/aromatic N) is 2. The Morgan fingerprint density at radius 3 is 1.68 bits per heavy atom. The lowest BCUT2D eigenvalue weighted by molar-refractivity contribution is -0.133. The molecule has 0 aromatic rings. The Kier molecular flexibility index (Phi) is 9.83. The van der Waals surface area contributed by atoms with Crippen LogP contribution in [0.25, 0.3) is 0 Å². The molecule has 114 valence electrons. The van der Waals surface area contributed by atoms with Crippen molar-refractivity contribution in [2.75, 3.05) is 45.9 Å². The topological polar surface area (TPSA) is 64.0 Å². The summed E-state index contributed by atoms with van der Waals surface area (Å²) >= 11 is 0. The molecule has 0 radical (unpaired) electrons. The molecular weight excluding hydrogens is 244 g/mol. The molecule has 0 heterocycles. The fourth-order valence-electron chi connectivity index (χ4n) is 2.00. The van der Waals surface area contributed by atoms with E-state index in [1.54, 1.807) is 4.90 Å². The second-order valence-corrected chi connectivity index (χ2v) is 5.81. The molecule has 1 amide bonds. The molecule has 0 atom stereocenters. The highest BCUT2D eigenvalue weighted by molar-refractivity contribution is 5.78. The van der Waals surface area contributed by atoms with Gasteiger partial charge in [0.2, 0.25) is 5.91 Å². The first-order valence-corrected chi connectivity index (χ1v) is 7.12. The fourth-order valence-corrected chi connectivity index (χ4v) is 2.00. The van der Waals surface area contributed by atoms with Gasteiger partial charge in [-0.25, -0.2) is 0 Å². The molecule has 5 heteroatoms. The van der Waals surface area contributed by atoms with Crippen LogP contribution in [0.15, 0.2) is 0 Å². The van der Waals surface area contributed by atoms with Crippen molar-refractivity contribution in [2.45, 2.75) is 27.7 Å². The monoisotopic (exact) mass is 274 g/mol. The molecular formula is C14H30N2O3. The number of rotatable bonds is 10. The van der Waals surface area contributed by atoms with Gasteiger partial charge in [0, 0.05) is 26.2 Å². The predicted octanol–water partition coefficient (Wildman–Crippen LogP) is 0.414. The summed E-state index contributed by atoms with van der Waals surface area (Å²) in [5.74, 6) is 0.947. The van der Waals surface area contributed by atoms with Crippen LogP contribution in [0.3, 0.4) is 0 Å². The Morgan fingerprint density at radius 1 is 0.947 bits per heavy atom. The van der Waals surface area contributed by atoms with Gasteiger partial charge in [-0.1, -0.05) is 27.7 Å². The van der Waals surface area contributed by atoms with E-state index in [0.717, 1.165) is 13.1 Å². The van der Waals surface area contributed by atoms with Crippen molar-refractivity contribution in [1.82, 2.24) is 9.80 Å². The van der Waals surface area contributed by atoms with Crippen molar-refractivity contribution in [3.05, 3.63) is 0 Å². The van der Waals surface area contributed by atoms with Crippen LogP contribution in [0, 0.1) is 11.8 Å². The summed E-state index contributed by atoms with van der Waals surface area (Å²) in [4.78, 5) is 16.0. The van der Waals surface area contributed by atoms with Crippen molar-refractivity contribution < 1.29 is 15.0 Å². The van der Waals surface area contributed by atoms with E-state index < -0.39 is 0 Å². The van der Waals surface area contributed by atoms with Gasteiger partial charge in [-0.15, -0.1) is 0 Å². The maximum atomic E-state index is 12.3. The zero-order valence-electron chi connectivity index (χ0n) is 12.8. The van der Waals surface area contributed by atoms with Gasteiger partial charge < -0.3 is 15.1 Å². The number of carbonyl (C=O) groups excluding carboxylic acids is 1. The third-order valence-electron chi connectivity index (χ3n) is 2.72. The van der Waals surface area contributed by atoms with E-state index in [0.29, 0.717) is 24.9 Å². The molecule has 0 spiro atoms. The van der Waals surface area contributed by atoms with Gasteiger partial charge in [-0.3, -0.25) is 9.69 Å². The van der Waals surface area contributed by atoms with E-state index in [9.17, 15) is 4.79 Å². The third-order valence-corrected chi connectivity index (χ3v) is 2.72. The molecule has 0 bridgehead atoms. The Labute approximate surface area is 117 Å². The zero-order valence-corrected chi connectivity index (χ0v) is 12.8. The van der Waals surface area contributed by atoms with E-state index in [2.05, 4.69) is 27.7 Å². The van der Waals surface area contributed by atoms with E-state index >= 15 is 0 Å².